The molecule has 0 saturated carbocycles. The van der Waals surface area contributed by atoms with E-state index < -0.39 is 11.4 Å². The van der Waals surface area contributed by atoms with Crippen LogP contribution in [0.25, 0.3) is 0 Å². The van der Waals surface area contributed by atoms with Gasteiger partial charge in [0.2, 0.25) is 0 Å². The van der Waals surface area contributed by atoms with Crippen molar-refractivity contribution in [2.24, 2.45) is 10.8 Å². The van der Waals surface area contributed by atoms with Gasteiger partial charge in [-0.3, -0.25) is 4.79 Å². The molecule has 3 nitrogen and oxygen atoms in total. The summed E-state index contributed by atoms with van der Waals surface area (Å²) in [6.07, 6.45) is 0.688. The number of aliphatic carboxylic acids is 1. The van der Waals surface area contributed by atoms with E-state index in [1.807, 2.05) is 14.1 Å². The molecule has 0 amide bonds. The van der Waals surface area contributed by atoms with E-state index in [4.69, 9.17) is 5.11 Å². The van der Waals surface area contributed by atoms with E-state index in [0.717, 1.165) is 6.54 Å². The van der Waals surface area contributed by atoms with Crippen LogP contribution in [0.1, 0.15) is 34.1 Å². The lowest BCUT2D eigenvalue weighted by molar-refractivity contribution is -0.148. The Balaban J connectivity index is 4.42. The van der Waals surface area contributed by atoms with Crippen molar-refractivity contribution in [2.75, 3.05) is 20.6 Å². The average molecular weight is 201 g/mol. The van der Waals surface area contributed by atoms with Gasteiger partial charge < -0.3 is 10.0 Å². The molecule has 0 spiro atoms. The fourth-order valence-corrected chi connectivity index (χ4v) is 2.18. The molecule has 0 aromatic carbocycles. The normalized spacial score (nSPS) is 13.4. The minimum Gasteiger partial charge on any atom is -0.481 e. The summed E-state index contributed by atoms with van der Waals surface area (Å²) in [5, 5.41) is 9.03. The van der Waals surface area contributed by atoms with Crippen LogP contribution in [-0.4, -0.2) is 36.6 Å². The van der Waals surface area contributed by atoms with Gasteiger partial charge >= 0.3 is 5.97 Å². The molecular weight excluding hydrogens is 178 g/mol. The second kappa shape index (κ2) is 4.30. The molecule has 0 fully saturated rings. The summed E-state index contributed by atoms with van der Waals surface area (Å²) in [7, 11) is 4.02. The fraction of sp³-hybridized carbons (Fsp3) is 0.909. The van der Waals surface area contributed by atoms with Gasteiger partial charge in [0.05, 0.1) is 5.41 Å². The van der Waals surface area contributed by atoms with Crippen molar-refractivity contribution >= 4 is 5.97 Å². The molecule has 3 heteroatoms. The lowest BCUT2D eigenvalue weighted by Gasteiger charge is -2.34. The predicted octanol–water partition coefficient (Wildman–Crippen LogP) is 2.08. The van der Waals surface area contributed by atoms with E-state index in [-0.39, 0.29) is 5.41 Å². The fourth-order valence-electron chi connectivity index (χ4n) is 2.18. The van der Waals surface area contributed by atoms with Gasteiger partial charge in [-0.15, -0.1) is 0 Å². The highest BCUT2D eigenvalue weighted by atomic mass is 16.4. The van der Waals surface area contributed by atoms with Crippen molar-refractivity contribution in [3.63, 3.8) is 0 Å². The van der Waals surface area contributed by atoms with Crippen LogP contribution in [-0.2, 0) is 4.79 Å². The monoisotopic (exact) mass is 201 g/mol. The summed E-state index contributed by atoms with van der Waals surface area (Å²) in [5.41, 5.74) is -0.606. The van der Waals surface area contributed by atoms with E-state index in [0.29, 0.717) is 6.42 Å². The Labute approximate surface area is 87.1 Å². The largest absolute Gasteiger partial charge is 0.481 e. The number of carbonyl (C=O) groups is 1. The molecule has 0 radical (unpaired) electrons. The number of rotatable bonds is 5. The third kappa shape index (κ3) is 4.61. The molecule has 0 aliphatic rings. The van der Waals surface area contributed by atoms with Gasteiger partial charge in [0.1, 0.15) is 0 Å². The third-order valence-electron chi connectivity index (χ3n) is 2.24. The summed E-state index contributed by atoms with van der Waals surface area (Å²) in [4.78, 5) is 13.1. The Hall–Kier alpha value is -0.570. The topological polar surface area (TPSA) is 40.5 Å². The highest BCUT2D eigenvalue weighted by Gasteiger charge is 2.34. The van der Waals surface area contributed by atoms with Crippen LogP contribution in [0.2, 0.25) is 0 Å². The number of hydrogen-bond donors (Lipinski definition) is 1. The van der Waals surface area contributed by atoms with Gasteiger partial charge in [-0.2, -0.15) is 0 Å². The van der Waals surface area contributed by atoms with E-state index in [2.05, 4.69) is 18.7 Å². The first-order valence-electron chi connectivity index (χ1n) is 4.95. The van der Waals surface area contributed by atoms with Crippen LogP contribution in [0.3, 0.4) is 0 Å². The summed E-state index contributed by atoms with van der Waals surface area (Å²) in [6.45, 7) is 8.69. The molecule has 0 aliphatic heterocycles. The predicted molar refractivity (Wildman–Crippen MR) is 58.4 cm³/mol. The molecular formula is C11H23NO2. The highest BCUT2D eigenvalue weighted by Crippen LogP contribution is 2.34. The molecule has 0 unspecified atom stereocenters. The van der Waals surface area contributed by atoms with Crippen molar-refractivity contribution < 1.29 is 9.90 Å². The molecule has 0 aromatic rings. The minimum absolute atomic E-state index is 0.0331. The lowest BCUT2D eigenvalue weighted by Crippen LogP contribution is -2.36. The number of hydrogen-bond acceptors (Lipinski definition) is 2. The maximum Gasteiger partial charge on any atom is 0.309 e. The van der Waals surface area contributed by atoms with Crippen molar-refractivity contribution in [3.05, 3.63) is 0 Å². The number of carboxylic acids is 1. The molecule has 0 aromatic heterocycles. The maximum atomic E-state index is 11.0. The van der Waals surface area contributed by atoms with E-state index in [9.17, 15) is 4.79 Å². The molecule has 0 aliphatic carbocycles. The van der Waals surface area contributed by atoms with Crippen molar-refractivity contribution in [3.8, 4) is 0 Å². The van der Waals surface area contributed by atoms with Crippen LogP contribution in [0, 0.1) is 10.8 Å². The highest BCUT2D eigenvalue weighted by molar-refractivity contribution is 5.73. The zero-order valence-electron chi connectivity index (χ0n) is 10.2. The molecule has 0 saturated heterocycles. The molecule has 0 heterocycles. The van der Waals surface area contributed by atoms with Crippen LogP contribution < -0.4 is 0 Å². The van der Waals surface area contributed by atoms with Gasteiger partial charge in [0.15, 0.2) is 0 Å². The van der Waals surface area contributed by atoms with E-state index in [1.165, 1.54) is 0 Å². The smallest absolute Gasteiger partial charge is 0.309 e. The van der Waals surface area contributed by atoms with Crippen molar-refractivity contribution in [2.45, 2.75) is 34.1 Å². The van der Waals surface area contributed by atoms with Gasteiger partial charge in [0.25, 0.3) is 0 Å². The Morgan fingerprint density at radius 2 is 1.64 bits per heavy atom. The van der Waals surface area contributed by atoms with Gasteiger partial charge in [0, 0.05) is 6.54 Å². The quantitative estimate of drug-likeness (QED) is 0.740. The first-order valence-corrected chi connectivity index (χ1v) is 4.95. The second-order valence-corrected chi connectivity index (χ2v) is 5.77. The van der Waals surface area contributed by atoms with Crippen LogP contribution in [0.15, 0.2) is 0 Å². The molecule has 14 heavy (non-hydrogen) atoms. The first kappa shape index (κ1) is 13.4. The summed E-state index contributed by atoms with van der Waals surface area (Å²) >= 11 is 0. The van der Waals surface area contributed by atoms with E-state index in [1.54, 1.807) is 13.8 Å². The zero-order chi connectivity index (χ0) is 11.6. The molecule has 84 valence electrons. The van der Waals surface area contributed by atoms with Crippen LogP contribution in [0.5, 0.6) is 0 Å². The Kier molecular flexibility index (Phi) is 4.13. The number of carboxylic acid groups (broad SMARTS) is 1. The first-order chi connectivity index (χ1) is 6.07. The maximum absolute atomic E-state index is 11.0. The average Bonchev–Trinajstić information content (AvgIpc) is 1.79. The van der Waals surface area contributed by atoms with Crippen LogP contribution in [0.4, 0.5) is 0 Å². The number of nitrogens with zero attached hydrogens (tertiary/aromatic N) is 1. The van der Waals surface area contributed by atoms with Crippen molar-refractivity contribution in [1.82, 2.24) is 4.90 Å². The molecule has 0 rings (SSSR count). The summed E-state index contributed by atoms with van der Waals surface area (Å²) in [6, 6.07) is 0. The van der Waals surface area contributed by atoms with E-state index >= 15 is 0 Å². The third-order valence-corrected chi connectivity index (χ3v) is 2.24. The SMILES string of the molecule is CN(C)CC(C)(C)CC(C)(C)C(=O)O. The van der Waals surface area contributed by atoms with Gasteiger partial charge in [-0.1, -0.05) is 13.8 Å². The minimum atomic E-state index is -0.718. The molecule has 1 N–H and O–H groups in total. The Morgan fingerprint density at radius 3 is 1.93 bits per heavy atom. The molecule has 0 bridgehead atoms. The Morgan fingerprint density at radius 1 is 1.21 bits per heavy atom. The van der Waals surface area contributed by atoms with Gasteiger partial charge in [-0.25, -0.2) is 0 Å². The standard InChI is InChI=1S/C11H23NO2/c1-10(2,8-12(5)6)7-11(3,4)9(13)14/h7-8H2,1-6H3,(H,13,14). The summed E-state index contributed by atoms with van der Waals surface area (Å²) < 4.78 is 0. The summed E-state index contributed by atoms with van der Waals surface area (Å²) in [5.74, 6) is -0.718. The van der Waals surface area contributed by atoms with Crippen molar-refractivity contribution in [1.29, 1.82) is 0 Å². The zero-order valence-corrected chi connectivity index (χ0v) is 10.2. The lowest BCUT2D eigenvalue weighted by atomic mass is 9.75. The van der Waals surface area contributed by atoms with Gasteiger partial charge in [-0.05, 0) is 39.8 Å². The molecule has 0 atom stereocenters. The van der Waals surface area contributed by atoms with Crippen LogP contribution >= 0.6 is 0 Å². The second-order valence-electron chi connectivity index (χ2n) is 5.77. The Bertz CT molecular complexity index is 207.